The van der Waals surface area contributed by atoms with Gasteiger partial charge in [0, 0.05) is 6.20 Å². The van der Waals surface area contributed by atoms with Crippen molar-refractivity contribution in [3.8, 4) is 5.69 Å². The third-order valence-corrected chi connectivity index (χ3v) is 3.82. The number of aliphatic hydroxyl groups excluding tert-OH is 1. The van der Waals surface area contributed by atoms with Crippen molar-refractivity contribution in [1.82, 2.24) is 15.1 Å². The number of para-hydroxylation sites is 1. The quantitative estimate of drug-likeness (QED) is 0.529. The van der Waals surface area contributed by atoms with Gasteiger partial charge in [0.2, 0.25) is 0 Å². The van der Waals surface area contributed by atoms with Crippen LogP contribution in [-0.2, 0) is 0 Å². The van der Waals surface area contributed by atoms with Crippen molar-refractivity contribution in [3.05, 3.63) is 83.2 Å². The molecule has 0 aliphatic rings. The first-order valence-corrected chi connectivity index (χ1v) is 7.77. The SMILES string of the molecule is O=C(N[C@H](CO)c1cc(F)c(F)c(F)c1)c1ccn(-c2ccccc2F)n1. The Labute approximate surface area is 150 Å². The predicted octanol–water partition coefficient (Wildman–Crippen LogP) is 2.89. The number of rotatable bonds is 5. The molecule has 0 radical (unpaired) electrons. The van der Waals surface area contributed by atoms with E-state index in [9.17, 15) is 27.5 Å². The molecule has 0 bridgehead atoms. The topological polar surface area (TPSA) is 67.2 Å². The fourth-order valence-corrected chi connectivity index (χ4v) is 2.46. The molecular weight excluding hydrogens is 366 g/mol. The fourth-order valence-electron chi connectivity index (χ4n) is 2.46. The predicted molar refractivity (Wildman–Crippen MR) is 87.1 cm³/mol. The molecule has 1 atom stereocenters. The number of nitrogens with one attached hydrogen (secondary N) is 1. The molecule has 2 N–H and O–H groups in total. The lowest BCUT2D eigenvalue weighted by molar-refractivity contribution is 0.0910. The minimum absolute atomic E-state index is 0.111. The molecule has 0 saturated carbocycles. The number of nitrogens with zero attached hydrogens (tertiary/aromatic N) is 2. The lowest BCUT2D eigenvalue weighted by Crippen LogP contribution is -2.31. The zero-order valence-electron chi connectivity index (χ0n) is 13.7. The van der Waals surface area contributed by atoms with Gasteiger partial charge in [-0.3, -0.25) is 4.79 Å². The number of carbonyl (C=O) groups excluding carboxylic acids is 1. The highest BCUT2D eigenvalue weighted by Crippen LogP contribution is 2.20. The van der Waals surface area contributed by atoms with Crippen LogP contribution in [0.4, 0.5) is 17.6 Å². The largest absolute Gasteiger partial charge is 0.394 e. The molecule has 0 fully saturated rings. The summed E-state index contributed by atoms with van der Waals surface area (Å²) < 4.78 is 54.7. The zero-order valence-corrected chi connectivity index (χ0v) is 13.7. The number of benzene rings is 2. The number of aromatic nitrogens is 2. The van der Waals surface area contributed by atoms with E-state index in [4.69, 9.17) is 0 Å². The highest BCUT2D eigenvalue weighted by molar-refractivity contribution is 5.92. The average Bonchev–Trinajstić information content (AvgIpc) is 3.14. The average molecular weight is 379 g/mol. The van der Waals surface area contributed by atoms with Crippen molar-refractivity contribution in [2.75, 3.05) is 6.61 Å². The van der Waals surface area contributed by atoms with E-state index < -0.39 is 41.8 Å². The summed E-state index contributed by atoms with van der Waals surface area (Å²) in [7, 11) is 0. The maximum atomic E-state index is 13.8. The molecule has 0 unspecified atom stereocenters. The molecule has 3 rings (SSSR count). The summed E-state index contributed by atoms with van der Waals surface area (Å²) in [6.07, 6.45) is 1.36. The summed E-state index contributed by atoms with van der Waals surface area (Å²) in [6, 6.07) is 7.26. The number of aliphatic hydroxyl groups is 1. The Morgan fingerprint density at radius 1 is 1.07 bits per heavy atom. The van der Waals surface area contributed by atoms with E-state index in [1.54, 1.807) is 6.07 Å². The van der Waals surface area contributed by atoms with Crippen molar-refractivity contribution >= 4 is 5.91 Å². The Morgan fingerprint density at radius 3 is 2.37 bits per heavy atom. The third-order valence-electron chi connectivity index (χ3n) is 3.82. The Hall–Kier alpha value is -3.20. The van der Waals surface area contributed by atoms with Crippen LogP contribution in [0.1, 0.15) is 22.1 Å². The van der Waals surface area contributed by atoms with Gasteiger partial charge < -0.3 is 10.4 Å². The van der Waals surface area contributed by atoms with Crippen LogP contribution < -0.4 is 5.32 Å². The summed E-state index contributed by atoms with van der Waals surface area (Å²) in [5, 5.41) is 15.7. The summed E-state index contributed by atoms with van der Waals surface area (Å²) >= 11 is 0. The van der Waals surface area contributed by atoms with Crippen molar-refractivity contribution in [2.45, 2.75) is 6.04 Å². The van der Waals surface area contributed by atoms with Crippen molar-refractivity contribution < 1.29 is 27.5 Å². The number of hydrogen-bond acceptors (Lipinski definition) is 3. The van der Waals surface area contributed by atoms with Gasteiger partial charge in [-0.05, 0) is 35.9 Å². The van der Waals surface area contributed by atoms with Crippen molar-refractivity contribution in [1.29, 1.82) is 0 Å². The van der Waals surface area contributed by atoms with Crippen molar-refractivity contribution in [3.63, 3.8) is 0 Å². The van der Waals surface area contributed by atoms with Gasteiger partial charge in [0.25, 0.3) is 5.91 Å². The van der Waals surface area contributed by atoms with Gasteiger partial charge in [-0.15, -0.1) is 0 Å². The minimum Gasteiger partial charge on any atom is -0.394 e. The summed E-state index contributed by atoms with van der Waals surface area (Å²) in [4.78, 5) is 12.3. The third kappa shape index (κ3) is 3.82. The lowest BCUT2D eigenvalue weighted by Gasteiger charge is -2.16. The normalized spacial score (nSPS) is 12.0. The molecule has 0 aliphatic carbocycles. The highest BCUT2D eigenvalue weighted by Gasteiger charge is 2.21. The van der Waals surface area contributed by atoms with Gasteiger partial charge in [0.1, 0.15) is 11.5 Å². The van der Waals surface area contributed by atoms with E-state index in [0.717, 1.165) is 4.68 Å². The number of carbonyl (C=O) groups is 1. The van der Waals surface area contributed by atoms with E-state index in [-0.39, 0.29) is 16.9 Å². The van der Waals surface area contributed by atoms with Crippen molar-refractivity contribution in [2.24, 2.45) is 0 Å². The molecule has 27 heavy (non-hydrogen) atoms. The van der Waals surface area contributed by atoms with Crippen LogP contribution in [0, 0.1) is 23.3 Å². The highest BCUT2D eigenvalue weighted by atomic mass is 19.2. The van der Waals surface area contributed by atoms with E-state index >= 15 is 0 Å². The number of halogens is 4. The Balaban J connectivity index is 1.81. The Bertz CT molecular complexity index is 967. The first kappa shape index (κ1) is 18.6. The van der Waals surface area contributed by atoms with Crippen LogP contribution in [0.2, 0.25) is 0 Å². The van der Waals surface area contributed by atoms with E-state index in [2.05, 4.69) is 10.4 Å². The second-order valence-electron chi connectivity index (χ2n) is 5.60. The maximum Gasteiger partial charge on any atom is 0.272 e. The molecule has 1 amide bonds. The molecule has 2 aromatic carbocycles. The summed E-state index contributed by atoms with van der Waals surface area (Å²) in [5.41, 5.74) is -0.145. The lowest BCUT2D eigenvalue weighted by atomic mass is 10.1. The minimum atomic E-state index is -1.65. The van der Waals surface area contributed by atoms with Crippen LogP contribution in [0.5, 0.6) is 0 Å². The molecule has 0 aliphatic heterocycles. The van der Waals surface area contributed by atoms with Gasteiger partial charge in [-0.2, -0.15) is 5.10 Å². The van der Waals surface area contributed by atoms with Crippen LogP contribution in [0.25, 0.3) is 5.69 Å². The van der Waals surface area contributed by atoms with E-state index in [0.29, 0.717) is 12.1 Å². The zero-order chi connectivity index (χ0) is 19.6. The van der Waals surface area contributed by atoms with E-state index in [1.165, 1.54) is 30.5 Å². The Kier molecular flexibility index (Phi) is 5.22. The standard InChI is InChI=1S/C18H13F4N3O2/c19-11-3-1-2-4-16(11)25-6-5-14(24-25)18(27)23-15(9-26)10-7-12(20)17(22)13(21)8-10/h1-8,15,26H,9H2,(H,23,27)/t15-/m1/s1. The summed E-state index contributed by atoms with van der Waals surface area (Å²) in [6.45, 7) is -0.690. The smallest absolute Gasteiger partial charge is 0.272 e. The summed E-state index contributed by atoms with van der Waals surface area (Å²) in [5.74, 6) is -5.85. The molecule has 140 valence electrons. The first-order chi connectivity index (χ1) is 12.9. The molecule has 3 aromatic rings. The van der Waals surface area contributed by atoms with Crippen LogP contribution in [0.3, 0.4) is 0 Å². The second-order valence-corrected chi connectivity index (χ2v) is 5.60. The van der Waals surface area contributed by atoms with Gasteiger partial charge in [0.15, 0.2) is 23.1 Å². The molecule has 0 spiro atoms. The molecular formula is C18H13F4N3O2. The second kappa shape index (κ2) is 7.58. The van der Waals surface area contributed by atoms with Gasteiger partial charge in [-0.1, -0.05) is 12.1 Å². The molecule has 1 aromatic heterocycles. The monoisotopic (exact) mass is 379 g/mol. The Morgan fingerprint density at radius 2 is 1.74 bits per heavy atom. The van der Waals surface area contributed by atoms with Gasteiger partial charge in [0.05, 0.1) is 12.6 Å². The first-order valence-electron chi connectivity index (χ1n) is 7.77. The molecule has 5 nitrogen and oxygen atoms in total. The number of hydrogen-bond donors (Lipinski definition) is 2. The van der Waals surface area contributed by atoms with Gasteiger partial charge >= 0.3 is 0 Å². The molecule has 0 saturated heterocycles. The number of amides is 1. The van der Waals surface area contributed by atoms with Crippen LogP contribution in [0.15, 0.2) is 48.7 Å². The fraction of sp³-hybridized carbons (Fsp3) is 0.111. The molecule has 1 heterocycles. The van der Waals surface area contributed by atoms with Gasteiger partial charge in [-0.25, -0.2) is 22.2 Å². The van der Waals surface area contributed by atoms with Crippen LogP contribution >= 0.6 is 0 Å². The molecule has 9 heteroatoms. The van der Waals surface area contributed by atoms with Crippen LogP contribution in [-0.4, -0.2) is 27.4 Å². The maximum absolute atomic E-state index is 13.8. The van der Waals surface area contributed by atoms with E-state index in [1.807, 2.05) is 0 Å².